The van der Waals surface area contributed by atoms with E-state index in [0.717, 1.165) is 0 Å². The number of rotatable bonds is 3. The minimum absolute atomic E-state index is 0.0183. The number of carboxylic acids is 1. The van der Waals surface area contributed by atoms with Gasteiger partial charge in [-0.3, -0.25) is 0 Å². The molecule has 0 fully saturated rings. The molecule has 0 aliphatic rings. The van der Waals surface area contributed by atoms with E-state index in [9.17, 15) is 14.3 Å². The van der Waals surface area contributed by atoms with Crippen LogP contribution >= 0.6 is 15.9 Å². The molecule has 94 valence electrons. The standard InChI is InChI=1S/C12H9BrFNO3/c1-2-9-10(12(16)17)11(15-18-9)7-4-3-6(14)5-8(7)13/h3-5H,2H2,1H3,(H,16,17). The molecule has 2 rings (SSSR count). The Morgan fingerprint density at radius 2 is 2.28 bits per heavy atom. The summed E-state index contributed by atoms with van der Waals surface area (Å²) in [5.41, 5.74) is 0.702. The van der Waals surface area contributed by atoms with Crippen molar-refractivity contribution < 1.29 is 18.8 Å². The summed E-state index contributed by atoms with van der Waals surface area (Å²) < 4.78 is 18.4. The van der Waals surface area contributed by atoms with Crippen molar-refractivity contribution in [3.05, 3.63) is 39.8 Å². The summed E-state index contributed by atoms with van der Waals surface area (Å²) in [4.78, 5) is 11.2. The molecule has 4 nitrogen and oxygen atoms in total. The fraction of sp³-hybridized carbons (Fsp3) is 0.167. The van der Waals surface area contributed by atoms with Gasteiger partial charge in [0, 0.05) is 16.5 Å². The van der Waals surface area contributed by atoms with Gasteiger partial charge in [0.1, 0.15) is 17.1 Å². The monoisotopic (exact) mass is 313 g/mol. The van der Waals surface area contributed by atoms with Gasteiger partial charge in [-0.2, -0.15) is 0 Å². The Balaban J connectivity index is 2.64. The summed E-state index contributed by atoms with van der Waals surface area (Å²) in [5.74, 6) is -1.23. The zero-order valence-corrected chi connectivity index (χ0v) is 11.0. The van der Waals surface area contributed by atoms with E-state index in [1.807, 2.05) is 0 Å². The summed E-state index contributed by atoms with van der Waals surface area (Å²) in [7, 11) is 0. The van der Waals surface area contributed by atoms with Gasteiger partial charge in [0.25, 0.3) is 0 Å². The predicted octanol–water partition coefficient (Wildman–Crippen LogP) is 3.50. The normalized spacial score (nSPS) is 10.6. The number of aromatic nitrogens is 1. The molecule has 18 heavy (non-hydrogen) atoms. The Morgan fingerprint density at radius 1 is 1.56 bits per heavy atom. The zero-order valence-electron chi connectivity index (χ0n) is 9.41. The average molecular weight is 314 g/mol. The largest absolute Gasteiger partial charge is 0.477 e. The number of carboxylic acid groups (broad SMARTS) is 1. The van der Waals surface area contributed by atoms with E-state index in [1.165, 1.54) is 18.2 Å². The summed E-state index contributed by atoms with van der Waals surface area (Å²) >= 11 is 3.18. The molecule has 1 N–H and O–H groups in total. The Morgan fingerprint density at radius 3 is 2.83 bits per heavy atom. The molecular formula is C12H9BrFNO3. The number of carbonyl (C=O) groups is 1. The second-order valence-electron chi connectivity index (χ2n) is 3.61. The zero-order chi connectivity index (χ0) is 13.3. The highest BCUT2D eigenvalue weighted by Gasteiger charge is 2.23. The van der Waals surface area contributed by atoms with Gasteiger partial charge in [-0.1, -0.05) is 12.1 Å². The van der Waals surface area contributed by atoms with Crippen molar-refractivity contribution in [1.82, 2.24) is 5.16 Å². The Hall–Kier alpha value is -1.69. The maximum absolute atomic E-state index is 13.0. The van der Waals surface area contributed by atoms with Crippen LogP contribution in [0.2, 0.25) is 0 Å². The first-order valence-corrected chi connectivity index (χ1v) is 6.01. The van der Waals surface area contributed by atoms with Gasteiger partial charge in [0.05, 0.1) is 0 Å². The van der Waals surface area contributed by atoms with Crippen LogP contribution in [0.1, 0.15) is 23.0 Å². The molecule has 0 aliphatic heterocycles. The first-order chi connectivity index (χ1) is 8.54. The fourth-order valence-corrected chi connectivity index (χ4v) is 2.19. The molecule has 1 aromatic carbocycles. The summed E-state index contributed by atoms with van der Waals surface area (Å²) in [6.45, 7) is 1.77. The maximum atomic E-state index is 13.0. The molecular weight excluding hydrogens is 305 g/mol. The maximum Gasteiger partial charge on any atom is 0.341 e. The van der Waals surface area contributed by atoms with Crippen molar-refractivity contribution in [3.8, 4) is 11.3 Å². The third-order valence-corrected chi connectivity index (χ3v) is 3.14. The number of benzene rings is 1. The van der Waals surface area contributed by atoms with Crippen molar-refractivity contribution in [1.29, 1.82) is 0 Å². The van der Waals surface area contributed by atoms with Crippen LogP contribution in [0.25, 0.3) is 11.3 Å². The first-order valence-electron chi connectivity index (χ1n) is 5.21. The predicted molar refractivity (Wildman–Crippen MR) is 65.9 cm³/mol. The van der Waals surface area contributed by atoms with E-state index < -0.39 is 11.8 Å². The Kier molecular flexibility index (Phi) is 3.47. The van der Waals surface area contributed by atoms with Crippen molar-refractivity contribution in [3.63, 3.8) is 0 Å². The second-order valence-corrected chi connectivity index (χ2v) is 4.47. The van der Waals surface area contributed by atoms with E-state index in [0.29, 0.717) is 22.2 Å². The fourth-order valence-electron chi connectivity index (χ4n) is 1.65. The highest BCUT2D eigenvalue weighted by Crippen LogP contribution is 2.32. The SMILES string of the molecule is CCc1onc(-c2ccc(F)cc2Br)c1C(=O)O. The lowest BCUT2D eigenvalue weighted by Gasteiger charge is -2.02. The van der Waals surface area contributed by atoms with Gasteiger partial charge in [-0.05, 0) is 34.1 Å². The van der Waals surface area contributed by atoms with Crippen molar-refractivity contribution >= 4 is 21.9 Å². The number of aromatic carboxylic acids is 1. The molecule has 0 atom stereocenters. The highest BCUT2D eigenvalue weighted by molar-refractivity contribution is 9.10. The van der Waals surface area contributed by atoms with Crippen LogP contribution < -0.4 is 0 Å². The lowest BCUT2D eigenvalue weighted by Crippen LogP contribution is -2.01. The van der Waals surface area contributed by atoms with Crippen LogP contribution in [0.4, 0.5) is 4.39 Å². The van der Waals surface area contributed by atoms with Gasteiger partial charge in [0.2, 0.25) is 0 Å². The van der Waals surface area contributed by atoms with Crippen molar-refractivity contribution in [2.45, 2.75) is 13.3 Å². The Bertz CT molecular complexity index is 609. The molecule has 1 heterocycles. The van der Waals surface area contributed by atoms with Crippen LogP contribution in [0.5, 0.6) is 0 Å². The molecule has 0 radical (unpaired) electrons. The summed E-state index contributed by atoms with van der Waals surface area (Å²) in [5, 5.41) is 12.9. The molecule has 0 amide bonds. The topological polar surface area (TPSA) is 63.3 Å². The summed E-state index contributed by atoms with van der Waals surface area (Å²) in [6, 6.07) is 3.95. The molecule has 6 heteroatoms. The van der Waals surface area contributed by atoms with Gasteiger partial charge < -0.3 is 9.63 Å². The third-order valence-electron chi connectivity index (χ3n) is 2.48. The minimum atomic E-state index is -1.11. The molecule has 0 spiro atoms. The molecule has 2 aromatic rings. The number of halogens is 2. The van der Waals surface area contributed by atoms with Crippen molar-refractivity contribution in [2.75, 3.05) is 0 Å². The van der Waals surface area contributed by atoms with Gasteiger partial charge in [-0.25, -0.2) is 9.18 Å². The molecule has 1 aromatic heterocycles. The third kappa shape index (κ3) is 2.15. The van der Waals surface area contributed by atoms with Gasteiger partial charge >= 0.3 is 5.97 Å². The van der Waals surface area contributed by atoms with Crippen LogP contribution in [0.3, 0.4) is 0 Å². The molecule has 0 aliphatic carbocycles. The summed E-state index contributed by atoms with van der Waals surface area (Å²) in [6.07, 6.45) is 0.424. The smallest absolute Gasteiger partial charge is 0.341 e. The van der Waals surface area contributed by atoms with Crippen molar-refractivity contribution in [2.24, 2.45) is 0 Å². The lowest BCUT2D eigenvalue weighted by atomic mass is 10.1. The molecule has 0 unspecified atom stereocenters. The van der Waals surface area contributed by atoms with Crippen LogP contribution in [-0.4, -0.2) is 16.2 Å². The van der Waals surface area contributed by atoms with E-state index in [-0.39, 0.29) is 11.3 Å². The molecule has 0 bridgehead atoms. The quantitative estimate of drug-likeness (QED) is 0.942. The number of nitrogens with zero attached hydrogens (tertiary/aromatic N) is 1. The van der Waals surface area contributed by atoms with Crippen LogP contribution in [-0.2, 0) is 6.42 Å². The van der Waals surface area contributed by atoms with Crippen LogP contribution in [0.15, 0.2) is 27.2 Å². The number of hydrogen-bond acceptors (Lipinski definition) is 3. The van der Waals surface area contributed by atoms with Gasteiger partial charge in [-0.15, -0.1) is 0 Å². The van der Waals surface area contributed by atoms with E-state index in [1.54, 1.807) is 6.92 Å². The average Bonchev–Trinajstić information content (AvgIpc) is 2.72. The highest BCUT2D eigenvalue weighted by atomic mass is 79.9. The second kappa shape index (κ2) is 4.89. The number of hydrogen-bond donors (Lipinski definition) is 1. The first kappa shape index (κ1) is 12.8. The minimum Gasteiger partial charge on any atom is -0.477 e. The van der Waals surface area contributed by atoms with E-state index >= 15 is 0 Å². The Labute approximate surface area is 111 Å². The lowest BCUT2D eigenvalue weighted by molar-refractivity contribution is 0.0695. The van der Waals surface area contributed by atoms with Gasteiger partial charge in [0.15, 0.2) is 5.76 Å². The van der Waals surface area contributed by atoms with E-state index in [2.05, 4.69) is 21.1 Å². The van der Waals surface area contributed by atoms with E-state index in [4.69, 9.17) is 4.52 Å². The van der Waals surface area contributed by atoms with Crippen LogP contribution in [0, 0.1) is 5.82 Å². The molecule has 0 saturated carbocycles. The number of aryl methyl sites for hydroxylation is 1. The molecule has 0 saturated heterocycles.